The summed E-state index contributed by atoms with van der Waals surface area (Å²) in [5, 5.41) is 9.30. The zero-order chi connectivity index (χ0) is 16.1. The van der Waals surface area contributed by atoms with Crippen LogP contribution in [-0.4, -0.2) is 22.4 Å². The highest BCUT2D eigenvalue weighted by molar-refractivity contribution is 5.92. The first kappa shape index (κ1) is 15.4. The fraction of sp³-hybridized carbons (Fsp3) is 0.250. The van der Waals surface area contributed by atoms with Crippen LogP contribution in [0.2, 0.25) is 0 Å². The first-order valence-corrected chi connectivity index (χ1v) is 5.49. The first-order valence-electron chi connectivity index (χ1n) is 5.49. The van der Waals surface area contributed by atoms with Crippen LogP contribution in [0.25, 0.3) is 10.9 Å². The number of rotatable bonds is 1. The van der Waals surface area contributed by atoms with Gasteiger partial charge in [-0.15, -0.1) is 0 Å². The van der Waals surface area contributed by atoms with Crippen molar-refractivity contribution in [2.75, 3.05) is 5.73 Å². The predicted molar refractivity (Wildman–Crippen MR) is 62.2 cm³/mol. The maximum Gasteiger partial charge on any atom is 0.430 e. The molecule has 3 nitrogen and oxygen atoms in total. The number of nitrogens with zero attached hydrogens (tertiary/aromatic N) is 1. The molecule has 0 saturated carbocycles. The molecule has 2 aromatic rings. The molecule has 0 bridgehead atoms. The van der Waals surface area contributed by atoms with E-state index in [0.29, 0.717) is 6.07 Å². The second-order valence-corrected chi connectivity index (χ2v) is 4.31. The minimum absolute atomic E-state index is 0.0476. The molecule has 0 atom stereocenters. The molecule has 2 rings (SSSR count). The molecule has 9 heteroatoms. The van der Waals surface area contributed by atoms with E-state index in [4.69, 9.17) is 5.73 Å². The molecule has 0 radical (unpaired) electrons. The van der Waals surface area contributed by atoms with Crippen LogP contribution in [0.5, 0.6) is 0 Å². The highest BCUT2D eigenvalue weighted by Gasteiger charge is 2.72. The Morgan fingerprint density at radius 3 is 2.05 bits per heavy atom. The van der Waals surface area contributed by atoms with Gasteiger partial charge in [0.25, 0.3) is 5.60 Å². The summed E-state index contributed by atoms with van der Waals surface area (Å²) in [6, 6.07) is 3.87. The number of pyridine rings is 1. The van der Waals surface area contributed by atoms with Gasteiger partial charge in [-0.1, -0.05) is 6.07 Å². The van der Waals surface area contributed by atoms with E-state index in [-0.39, 0.29) is 11.1 Å². The lowest BCUT2D eigenvalue weighted by Gasteiger charge is -2.33. The summed E-state index contributed by atoms with van der Waals surface area (Å²) >= 11 is 0. The Labute approximate surface area is 114 Å². The van der Waals surface area contributed by atoms with Crippen LogP contribution in [0.1, 0.15) is 5.56 Å². The van der Waals surface area contributed by atoms with Crippen molar-refractivity contribution in [1.82, 2.24) is 4.98 Å². The summed E-state index contributed by atoms with van der Waals surface area (Å²) in [5.41, 5.74) is -1.64. The zero-order valence-corrected chi connectivity index (χ0v) is 10.1. The summed E-state index contributed by atoms with van der Waals surface area (Å²) in [6.07, 6.45) is -10.9. The highest BCUT2D eigenvalue weighted by atomic mass is 19.4. The van der Waals surface area contributed by atoms with E-state index in [1.54, 1.807) is 0 Å². The van der Waals surface area contributed by atoms with Crippen LogP contribution in [0.4, 0.5) is 32.0 Å². The molecule has 0 aliphatic rings. The Morgan fingerprint density at radius 2 is 1.52 bits per heavy atom. The minimum atomic E-state index is -5.97. The number of halogens is 6. The Morgan fingerprint density at radius 1 is 0.952 bits per heavy atom. The third kappa shape index (κ3) is 2.17. The van der Waals surface area contributed by atoms with E-state index >= 15 is 0 Å². The average molecular weight is 310 g/mol. The van der Waals surface area contributed by atoms with Crippen molar-refractivity contribution in [1.29, 1.82) is 0 Å². The topological polar surface area (TPSA) is 59.1 Å². The normalized spacial score (nSPS) is 13.7. The molecule has 0 amide bonds. The van der Waals surface area contributed by atoms with Gasteiger partial charge in [-0.3, -0.25) is 4.98 Å². The van der Waals surface area contributed by atoms with Crippen LogP contribution in [0.3, 0.4) is 0 Å². The first-order chi connectivity index (χ1) is 9.50. The summed E-state index contributed by atoms with van der Waals surface area (Å²) in [4.78, 5) is 3.50. The lowest BCUT2D eigenvalue weighted by Crippen LogP contribution is -2.54. The second-order valence-electron chi connectivity index (χ2n) is 4.31. The molecule has 0 aliphatic carbocycles. The lowest BCUT2D eigenvalue weighted by molar-refractivity contribution is -0.375. The molecule has 0 aliphatic heterocycles. The van der Waals surface area contributed by atoms with Crippen molar-refractivity contribution in [2.24, 2.45) is 0 Å². The van der Waals surface area contributed by atoms with Gasteiger partial charge in [-0.25, -0.2) is 0 Å². The minimum Gasteiger partial charge on any atom is -0.398 e. The number of aromatic nitrogens is 1. The van der Waals surface area contributed by atoms with Crippen molar-refractivity contribution in [3.63, 3.8) is 0 Å². The van der Waals surface area contributed by atoms with E-state index < -0.39 is 29.0 Å². The summed E-state index contributed by atoms with van der Waals surface area (Å²) < 4.78 is 77.3. The maximum absolute atomic E-state index is 12.9. The van der Waals surface area contributed by atoms with Gasteiger partial charge < -0.3 is 10.8 Å². The summed E-state index contributed by atoms with van der Waals surface area (Å²) in [5.74, 6) is 0. The van der Waals surface area contributed by atoms with Crippen LogP contribution in [0, 0.1) is 0 Å². The van der Waals surface area contributed by atoms with Gasteiger partial charge in [0.1, 0.15) is 0 Å². The monoisotopic (exact) mass is 310 g/mol. The smallest absolute Gasteiger partial charge is 0.398 e. The summed E-state index contributed by atoms with van der Waals surface area (Å²) in [6.45, 7) is 0. The number of anilines is 1. The quantitative estimate of drug-likeness (QED) is 0.628. The number of hydrogen-bond donors (Lipinski definition) is 2. The molecule has 1 heterocycles. The maximum atomic E-state index is 12.9. The van der Waals surface area contributed by atoms with Crippen molar-refractivity contribution in [3.8, 4) is 0 Å². The Balaban J connectivity index is 2.89. The van der Waals surface area contributed by atoms with Gasteiger partial charge in [-0.05, 0) is 18.2 Å². The Bertz CT molecular complexity index is 665. The van der Waals surface area contributed by atoms with Gasteiger partial charge in [0.05, 0.1) is 5.52 Å². The second kappa shape index (κ2) is 4.48. The van der Waals surface area contributed by atoms with Gasteiger partial charge in [0, 0.05) is 22.8 Å². The van der Waals surface area contributed by atoms with Crippen molar-refractivity contribution in [2.45, 2.75) is 18.0 Å². The molecule has 3 N–H and O–H groups in total. The SMILES string of the molecule is Nc1ccc(C(O)(C(F)(F)F)C(F)(F)F)c2ncccc12. The molecule has 1 aromatic heterocycles. The Hall–Kier alpha value is -2.03. The molecular weight excluding hydrogens is 302 g/mol. The molecule has 0 unspecified atom stereocenters. The van der Waals surface area contributed by atoms with Crippen LogP contribution in [-0.2, 0) is 5.60 Å². The predicted octanol–water partition coefficient (Wildman–Crippen LogP) is 3.13. The lowest BCUT2D eigenvalue weighted by atomic mass is 9.89. The van der Waals surface area contributed by atoms with Gasteiger partial charge >= 0.3 is 12.4 Å². The van der Waals surface area contributed by atoms with Crippen LogP contribution in [0.15, 0.2) is 30.5 Å². The van der Waals surface area contributed by atoms with Gasteiger partial charge in [0.2, 0.25) is 0 Å². The molecule has 114 valence electrons. The molecular formula is C12H8F6N2O. The Kier molecular flexibility index (Phi) is 3.28. The largest absolute Gasteiger partial charge is 0.430 e. The highest BCUT2D eigenvalue weighted by Crippen LogP contribution is 2.51. The zero-order valence-electron chi connectivity index (χ0n) is 10.1. The number of benzene rings is 1. The third-order valence-electron chi connectivity index (χ3n) is 3.01. The fourth-order valence-corrected chi connectivity index (χ4v) is 1.95. The molecule has 21 heavy (non-hydrogen) atoms. The number of hydrogen-bond acceptors (Lipinski definition) is 3. The van der Waals surface area contributed by atoms with Crippen molar-refractivity contribution < 1.29 is 31.4 Å². The van der Waals surface area contributed by atoms with Gasteiger partial charge in [-0.2, -0.15) is 26.3 Å². The number of nitrogens with two attached hydrogens (primary N) is 1. The standard InChI is InChI=1S/C12H8F6N2O/c13-11(14,15)10(21,12(16,17)18)7-3-4-8(19)6-2-1-5-20-9(6)7/h1-5,21H,19H2. The van der Waals surface area contributed by atoms with E-state index in [2.05, 4.69) is 4.98 Å². The van der Waals surface area contributed by atoms with Crippen molar-refractivity contribution in [3.05, 3.63) is 36.0 Å². The number of nitrogen functional groups attached to an aromatic ring is 1. The van der Waals surface area contributed by atoms with Crippen molar-refractivity contribution >= 4 is 16.6 Å². The van der Waals surface area contributed by atoms with E-state index in [1.807, 2.05) is 0 Å². The average Bonchev–Trinajstić information content (AvgIpc) is 2.36. The molecule has 0 fully saturated rings. The van der Waals surface area contributed by atoms with E-state index in [0.717, 1.165) is 12.3 Å². The van der Waals surface area contributed by atoms with Crippen LogP contribution < -0.4 is 5.73 Å². The molecule has 0 saturated heterocycles. The van der Waals surface area contributed by atoms with Gasteiger partial charge in [0.15, 0.2) is 0 Å². The van der Waals surface area contributed by atoms with E-state index in [1.165, 1.54) is 12.1 Å². The van der Waals surface area contributed by atoms with Crippen LogP contribution >= 0.6 is 0 Å². The number of fused-ring (bicyclic) bond motifs is 1. The molecule has 1 aromatic carbocycles. The van der Waals surface area contributed by atoms with E-state index in [9.17, 15) is 31.4 Å². The fourth-order valence-electron chi connectivity index (χ4n) is 1.95. The molecule has 0 spiro atoms. The number of alkyl halides is 6. The third-order valence-corrected chi connectivity index (χ3v) is 3.01. The number of aliphatic hydroxyl groups is 1. The summed E-state index contributed by atoms with van der Waals surface area (Å²) in [7, 11) is 0.